The smallest absolute Gasteiger partial charge is 0.148 e. The van der Waals surface area contributed by atoms with Gasteiger partial charge in [-0.3, -0.25) is 4.99 Å². The molecule has 18 heavy (non-hydrogen) atoms. The van der Waals surface area contributed by atoms with Crippen molar-refractivity contribution in [2.75, 3.05) is 0 Å². The first-order valence-corrected chi connectivity index (χ1v) is 5.69. The highest BCUT2D eigenvalue weighted by molar-refractivity contribution is 5.98. The molecular weight excluding hydrogens is 227 g/mol. The largest absolute Gasteiger partial charge is 0.361 e. The Morgan fingerprint density at radius 1 is 1.00 bits per heavy atom. The monoisotopic (exact) mass is 238 g/mol. The highest BCUT2D eigenvalue weighted by Gasteiger charge is 2.00. The first-order chi connectivity index (χ1) is 8.84. The van der Waals surface area contributed by atoms with E-state index in [-0.39, 0.29) is 5.82 Å². The quantitative estimate of drug-likeness (QED) is 0.652. The summed E-state index contributed by atoms with van der Waals surface area (Å²) >= 11 is 0. The lowest BCUT2D eigenvalue weighted by Crippen LogP contribution is -1.83. The van der Waals surface area contributed by atoms with Gasteiger partial charge in [-0.05, 0) is 18.2 Å². The van der Waals surface area contributed by atoms with E-state index in [2.05, 4.69) is 9.98 Å². The third-order valence-corrected chi connectivity index (χ3v) is 2.81. The number of aromatic amines is 1. The zero-order chi connectivity index (χ0) is 12.4. The number of hydrogen-bond acceptors (Lipinski definition) is 1. The van der Waals surface area contributed by atoms with Crippen molar-refractivity contribution < 1.29 is 4.39 Å². The Kier molecular flexibility index (Phi) is 2.65. The predicted molar refractivity (Wildman–Crippen MR) is 72.0 cm³/mol. The molecule has 0 saturated heterocycles. The first-order valence-electron chi connectivity index (χ1n) is 5.69. The minimum Gasteiger partial charge on any atom is -0.361 e. The van der Waals surface area contributed by atoms with Crippen LogP contribution in [0.1, 0.15) is 5.56 Å². The van der Waals surface area contributed by atoms with Crippen LogP contribution in [-0.2, 0) is 0 Å². The molecule has 0 fully saturated rings. The molecule has 3 heteroatoms. The van der Waals surface area contributed by atoms with Crippen LogP contribution < -0.4 is 0 Å². The average molecular weight is 238 g/mol. The number of halogens is 1. The second-order valence-corrected chi connectivity index (χ2v) is 4.00. The highest BCUT2D eigenvalue weighted by Crippen LogP contribution is 2.19. The summed E-state index contributed by atoms with van der Waals surface area (Å²) in [6.07, 6.45) is 3.56. The molecule has 0 atom stereocenters. The van der Waals surface area contributed by atoms with Crippen molar-refractivity contribution in [3.8, 4) is 0 Å². The number of para-hydroxylation sites is 2. The zero-order valence-electron chi connectivity index (χ0n) is 9.60. The van der Waals surface area contributed by atoms with Crippen molar-refractivity contribution in [2.24, 2.45) is 4.99 Å². The Bertz CT molecular complexity index is 713. The summed E-state index contributed by atoms with van der Waals surface area (Å²) < 4.78 is 13.4. The van der Waals surface area contributed by atoms with E-state index in [0.29, 0.717) is 5.69 Å². The maximum Gasteiger partial charge on any atom is 0.148 e. The molecule has 88 valence electrons. The van der Waals surface area contributed by atoms with Crippen LogP contribution >= 0.6 is 0 Å². The minimum atomic E-state index is -0.313. The lowest BCUT2D eigenvalue weighted by molar-refractivity contribution is 0.630. The lowest BCUT2D eigenvalue weighted by Gasteiger charge is -1.97. The number of aromatic nitrogens is 1. The molecule has 0 unspecified atom stereocenters. The van der Waals surface area contributed by atoms with Gasteiger partial charge in [0.2, 0.25) is 0 Å². The van der Waals surface area contributed by atoms with Gasteiger partial charge in [-0.2, -0.15) is 0 Å². The topological polar surface area (TPSA) is 28.1 Å². The Labute approximate surface area is 104 Å². The van der Waals surface area contributed by atoms with Gasteiger partial charge in [-0.25, -0.2) is 4.39 Å². The molecule has 0 bridgehead atoms. The number of fused-ring (bicyclic) bond motifs is 1. The average Bonchev–Trinajstić information content (AvgIpc) is 2.86. The third kappa shape index (κ3) is 1.91. The summed E-state index contributed by atoms with van der Waals surface area (Å²) in [5, 5.41) is 1.12. The van der Waals surface area contributed by atoms with E-state index < -0.39 is 0 Å². The standard InChI is InChI=1S/C15H11FN2/c16-13-6-1-2-7-14(13)18-10-12-5-3-4-11-8-9-17-15(11)12/h1-10,17H/b18-10+. The second kappa shape index (κ2) is 4.45. The third-order valence-electron chi connectivity index (χ3n) is 2.81. The van der Waals surface area contributed by atoms with Crippen LogP contribution in [0.4, 0.5) is 10.1 Å². The van der Waals surface area contributed by atoms with Crippen LogP contribution in [0.3, 0.4) is 0 Å². The molecule has 0 amide bonds. The second-order valence-electron chi connectivity index (χ2n) is 4.00. The van der Waals surface area contributed by atoms with Crippen molar-refractivity contribution in [3.05, 3.63) is 66.1 Å². The van der Waals surface area contributed by atoms with Crippen LogP contribution in [0.5, 0.6) is 0 Å². The maximum absolute atomic E-state index is 13.4. The van der Waals surface area contributed by atoms with E-state index in [1.165, 1.54) is 6.07 Å². The fraction of sp³-hybridized carbons (Fsp3) is 0. The van der Waals surface area contributed by atoms with Gasteiger partial charge in [0.05, 0.1) is 11.2 Å². The summed E-state index contributed by atoms with van der Waals surface area (Å²) in [6, 6.07) is 14.4. The molecule has 0 spiro atoms. The molecule has 0 aliphatic carbocycles. The Morgan fingerprint density at radius 2 is 1.89 bits per heavy atom. The van der Waals surface area contributed by atoms with Gasteiger partial charge in [0.15, 0.2) is 0 Å². The van der Waals surface area contributed by atoms with Crippen molar-refractivity contribution in [2.45, 2.75) is 0 Å². The van der Waals surface area contributed by atoms with Crippen molar-refractivity contribution in [1.29, 1.82) is 0 Å². The van der Waals surface area contributed by atoms with Gasteiger partial charge < -0.3 is 4.98 Å². The van der Waals surface area contributed by atoms with E-state index in [0.717, 1.165) is 16.5 Å². The van der Waals surface area contributed by atoms with Gasteiger partial charge in [-0.1, -0.05) is 30.3 Å². The van der Waals surface area contributed by atoms with Crippen molar-refractivity contribution in [3.63, 3.8) is 0 Å². The van der Waals surface area contributed by atoms with Gasteiger partial charge in [0.1, 0.15) is 5.82 Å². The van der Waals surface area contributed by atoms with E-state index in [1.54, 1.807) is 24.4 Å². The Hall–Kier alpha value is -2.42. The predicted octanol–water partition coefficient (Wildman–Crippen LogP) is 4.06. The van der Waals surface area contributed by atoms with Gasteiger partial charge in [-0.15, -0.1) is 0 Å². The molecule has 3 rings (SSSR count). The summed E-state index contributed by atoms with van der Waals surface area (Å²) in [5.41, 5.74) is 2.31. The van der Waals surface area contributed by atoms with Crippen LogP contribution in [0.2, 0.25) is 0 Å². The number of nitrogens with one attached hydrogen (secondary N) is 1. The van der Waals surface area contributed by atoms with E-state index >= 15 is 0 Å². The van der Waals surface area contributed by atoms with Gasteiger partial charge >= 0.3 is 0 Å². The molecule has 0 radical (unpaired) electrons. The minimum absolute atomic E-state index is 0.313. The van der Waals surface area contributed by atoms with Crippen molar-refractivity contribution >= 4 is 22.8 Å². The van der Waals surface area contributed by atoms with Crippen LogP contribution in [0.15, 0.2) is 59.7 Å². The van der Waals surface area contributed by atoms with Crippen LogP contribution in [-0.4, -0.2) is 11.2 Å². The number of benzene rings is 2. The first kappa shape index (κ1) is 10.7. The molecular formula is C15H11FN2. The number of rotatable bonds is 2. The summed E-state index contributed by atoms with van der Waals surface area (Å²) in [7, 11) is 0. The molecule has 2 aromatic carbocycles. The summed E-state index contributed by atoms with van der Waals surface area (Å²) in [6.45, 7) is 0. The van der Waals surface area contributed by atoms with Crippen molar-refractivity contribution in [1.82, 2.24) is 4.98 Å². The van der Waals surface area contributed by atoms with E-state index in [4.69, 9.17) is 0 Å². The number of H-pyrrole nitrogens is 1. The number of hydrogen-bond donors (Lipinski definition) is 1. The zero-order valence-corrected chi connectivity index (χ0v) is 9.60. The highest BCUT2D eigenvalue weighted by atomic mass is 19.1. The fourth-order valence-corrected chi connectivity index (χ4v) is 1.91. The maximum atomic E-state index is 13.4. The lowest BCUT2D eigenvalue weighted by atomic mass is 10.1. The van der Waals surface area contributed by atoms with E-state index in [1.807, 2.05) is 30.5 Å². The molecule has 0 saturated carbocycles. The SMILES string of the molecule is Fc1ccccc1/N=C/c1cccc2cc[nH]c12. The molecule has 1 aromatic heterocycles. The molecule has 2 nitrogen and oxygen atoms in total. The summed E-state index contributed by atoms with van der Waals surface area (Å²) in [5.74, 6) is -0.313. The Balaban J connectivity index is 2.02. The van der Waals surface area contributed by atoms with Crippen LogP contribution in [0.25, 0.3) is 10.9 Å². The Morgan fingerprint density at radius 3 is 2.78 bits per heavy atom. The van der Waals surface area contributed by atoms with Gasteiger partial charge in [0.25, 0.3) is 0 Å². The molecule has 1 heterocycles. The summed E-state index contributed by atoms with van der Waals surface area (Å²) in [4.78, 5) is 7.34. The normalized spacial score (nSPS) is 11.4. The van der Waals surface area contributed by atoms with E-state index in [9.17, 15) is 4.39 Å². The molecule has 0 aliphatic heterocycles. The van der Waals surface area contributed by atoms with Gasteiger partial charge in [0, 0.05) is 23.4 Å². The number of aliphatic imine (C=N–C) groups is 1. The van der Waals surface area contributed by atoms with Crippen LogP contribution in [0, 0.1) is 5.82 Å². The molecule has 0 aliphatic rings. The number of nitrogens with zero attached hydrogens (tertiary/aromatic N) is 1. The fourth-order valence-electron chi connectivity index (χ4n) is 1.91. The molecule has 1 N–H and O–H groups in total. The molecule has 3 aromatic rings.